The van der Waals surface area contributed by atoms with Gasteiger partial charge < -0.3 is 15.5 Å². The van der Waals surface area contributed by atoms with Crippen molar-refractivity contribution < 1.29 is 9.21 Å². The molecule has 2 aromatic rings. The highest BCUT2D eigenvalue weighted by Crippen LogP contribution is 2.00. The Hall–Kier alpha value is -2.76. The fourth-order valence-electron chi connectivity index (χ4n) is 1.54. The van der Waals surface area contributed by atoms with Crippen LogP contribution in [-0.4, -0.2) is 12.0 Å². The second-order valence-electron chi connectivity index (χ2n) is 4.07. The monoisotopic (exact) mass is 272 g/mol. The second kappa shape index (κ2) is 6.98. The molecule has 0 atom stereocenters. The Morgan fingerprint density at radius 3 is 2.70 bits per heavy atom. The number of hydrogen-bond acceptors (Lipinski definition) is 3. The number of furan rings is 1. The number of amides is 2. The van der Waals surface area contributed by atoms with Crippen LogP contribution < -0.4 is 16.4 Å². The van der Waals surface area contributed by atoms with Gasteiger partial charge in [-0.25, -0.2) is 9.79 Å². The number of rotatable bonds is 4. The lowest BCUT2D eigenvalue weighted by molar-refractivity contribution is 0.244. The first-order chi connectivity index (χ1) is 9.74. The van der Waals surface area contributed by atoms with E-state index in [1.807, 2.05) is 30.3 Å². The third-order valence-electron chi connectivity index (χ3n) is 2.52. The van der Waals surface area contributed by atoms with Gasteiger partial charge in [-0.1, -0.05) is 30.3 Å². The first-order valence-electron chi connectivity index (χ1n) is 6.15. The Morgan fingerprint density at radius 1 is 1.20 bits per heavy atom. The molecule has 0 bridgehead atoms. The summed E-state index contributed by atoms with van der Waals surface area (Å²) in [6.07, 6.45) is 1.55. The maximum Gasteiger partial charge on any atom is 0.321 e. The molecule has 0 saturated heterocycles. The molecular formula is C14H16N4O2. The average Bonchev–Trinajstić information content (AvgIpc) is 2.97. The molecule has 0 fully saturated rings. The van der Waals surface area contributed by atoms with E-state index in [9.17, 15) is 4.79 Å². The molecule has 0 unspecified atom stereocenters. The first-order valence-corrected chi connectivity index (χ1v) is 6.15. The molecule has 20 heavy (non-hydrogen) atoms. The van der Waals surface area contributed by atoms with E-state index in [2.05, 4.69) is 15.6 Å². The number of carbonyl (C=O) groups excluding carboxylic acids is 1. The third kappa shape index (κ3) is 4.49. The van der Waals surface area contributed by atoms with Crippen molar-refractivity contribution in [3.05, 3.63) is 60.1 Å². The third-order valence-corrected chi connectivity index (χ3v) is 2.52. The van der Waals surface area contributed by atoms with E-state index in [4.69, 9.17) is 10.2 Å². The van der Waals surface area contributed by atoms with Gasteiger partial charge >= 0.3 is 6.03 Å². The fraction of sp³-hybridized carbons (Fsp3) is 0.143. The molecule has 1 aromatic heterocycles. The van der Waals surface area contributed by atoms with Crippen molar-refractivity contribution >= 4 is 12.0 Å². The summed E-state index contributed by atoms with van der Waals surface area (Å²) in [7, 11) is 0. The standard InChI is InChI=1S/C14H16N4O2/c15-13(16-9-11-5-2-1-3-6-11)18-14(19)17-10-12-7-4-8-20-12/h1-8H,9-10H2,(H4,15,16,17,18,19). The number of urea groups is 1. The average molecular weight is 272 g/mol. The Bertz CT molecular complexity index is 564. The maximum atomic E-state index is 11.5. The van der Waals surface area contributed by atoms with Crippen molar-refractivity contribution in [3.8, 4) is 0 Å². The number of benzene rings is 1. The van der Waals surface area contributed by atoms with E-state index >= 15 is 0 Å². The minimum absolute atomic E-state index is 0.0748. The number of nitrogens with one attached hydrogen (secondary N) is 2. The van der Waals surface area contributed by atoms with Crippen LogP contribution >= 0.6 is 0 Å². The topological polar surface area (TPSA) is 92.6 Å². The molecule has 6 nitrogen and oxygen atoms in total. The van der Waals surface area contributed by atoms with Crippen LogP contribution in [0.1, 0.15) is 11.3 Å². The Kier molecular flexibility index (Phi) is 4.77. The van der Waals surface area contributed by atoms with Gasteiger partial charge in [0.05, 0.1) is 19.4 Å². The van der Waals surface area contributed by atoms with Gasteiger partial charge in [0, 0.05) is 0 Å². The van der Waals surface area contributed by atoms with Crippen LogP contribution in [0.3, 0.4) is 0 Å². The number of nitrogens with two attached hydrogens (primary N) is 1. The van der Waals surface area contributed by atoms with Gasteiger partial charge in [0.1, 0.15) is 5.76 Å². The largest absolute Gasteiger partial charge is 0.467 e. The van der Waals surface area contributed by atoms with Crippen LogP contribution in [0.2, 0.25) is 0 Å². The summed E-state index contributed by atoms with van der Waals surface area (Å²) >= 11 is 0. The summed E-state index contributed by atoms with van der Waals surface area (Å²) in [4.78, 5) is 15.6. The maximum absolute atomic E-state index is 11.5. The fourth-order valence-corrected chi connectivity index (χ4v) is 1.54. The zero-order chi connectivity index (χ0) is 14.2. The van der Waals surface area contributed by atoms with Gasteiger partial charge in [0.25, 0.3) is 0 Å². The molecule has 1 heterocycles. The van der Waals surface area contributed by atoms with Crippen LogP contribution in [0.5, 0.6) is 0 Å². The summed E-state index contributed by atoms with van der Waals surface area (Å²) in [5, 5.41) is 5.06. The highest BCUT2D eigenvalue weighted by atomic mass is 16.3. The number of hydrogen-bond donors (Lipinski definition) is 3. The van der Waals surface area contributed by atoms with Crippen molar-refractivity contribution in [2.75, 3.05) is 0 Å². The summed E-state index contributed by atoms with van der Waals surface area (Å²) in [6.45, 7) is 0.718. The smallest absolute Gasteiger partial charge is 0.321 e. The van der Waals surface area contributed by atoms with E-state index in [1.165, 1.54) is 0 Å². The summed E-state index contributed by atoms with van der Waals surface area (Å²) < 4.78 is 5.09. The van der Waals surface area contributed by atoms with Gasteiger partial charge in [-0.05, 0) is 17.7 Å². The van der Waals surface area contributed by atoms with Crippen LogP contribution in [-0.2, 0) is 13.1 Å². The Morgan fingerprint density at radius 2 is 2.00 bits per heavy atom. The van der Waals surface area contributed by atoms with Crippen LogP contribution in [0, 0.1) is 0 Å². The van der Waals surface area contributed by atoms with Gasteiger partial charge in [-0.2, -0.15) is 0 Å². The Labute approximate surface area is 116 Å². The zero-order valence-electron chi connectivity index (χ0n) is 10.9. The molecule has 6 heteroatoms. The van der Waals surface area contributed by atoms with Crippen LogP contribution in [0.15, 0.2) is 58.1 Å². The van der Waals surface area contributed by atoms with Crippen molar-refractivity contribution in [2.45, 2.75) is 13.1 Å². The molecule has 2 rings (SSSR count). The van der Waals surface area contributed by atoms with E-state index < -0.39 is 6.03 Å². The lowest BCUT2D eigenvalue weighted by Gasteiger charge is -2.05. The van der Waals surface area contributed by atoms with E-state index in [-0.39, 0.29) is 5.96 Å². The Balaban J connectivity index is 1.75. The first kappa shape index (κ1) is 13.7. The normalized spacial score (nSPS) is 11.1. The molecule has 1 aromatic carbocycles. The van der Waals surface area contributed by atoms with Crippen molar-refractivity contribution in [1.82, 2.24) is 10.6 Å². The predicted molar refractivity (Wildman–Crippen MR) is 75.8 cm³/mol. The molecule has 0 aliphatic rings. The lowest BCUT2D eigenvalue weighted by Crippen LogP contribution is -2.43. The molecule has 0 aliphatic heterocycles. The van der Waals surface area contributed by atoms with E-state index in [1.54, 1.807) is 18.4 Å². The number of carbonyl (C=O) groups is 1. The van der Waals surface area contributed by atoms with Crippen molar-refractivity contribution in [3.63, 3.8) is 0 Å². The van der Waals surface area contributed by atoms with E-state index in [0.29, 0.717) is 18.8 Å². The SMILES string of the molecule is NC(=NCc1ccccc1)NC(=O)NCc1ccco1. The number of nitrogens with zero attached hydrogens (tertiary/aromatic N) is 1. The van der Waals surface area contributed by atoms with Gasteiger partial charge in [-0.15, -0.1) is 0 Å². The predicted octanol–water partition coefficient (Wildman–Crippen LogP) is 1.59. The highest BCUT2D eigenvalue weighted by Gasteiger charge is 2.03. The summed E-state index contributed by atoms with van der Waals surface area (Å²) in [5.74, 6) is 0.741. The van der Waals surface area contributed by atoms with Gasteiger partial charge in [0.15, 0.2) is 5.96 Å². The van der Waals surface area contributed by atoms with Crippen LogP contribution in [0.4, 0.5) is 4.79 Å². The van der Waals surface area contributed by atoms with Crippen LogP contribution in [0.25, 0.3) is 0 Å². The molecule has 2 amide bonds. The molecule has 4 N–H and O–H groups in total. The highest BCUT2D eigenvalue weighted by molar-refractivity contribution is 5.95. The summed E-state index contributed by atoms with van der Waals surface area (Å²) in [6, 6.07) is 12.8. The van der Waals surface area contributed by atoms with E-state index in [0.717, 1.165) is 5.56 Å². The molecular weight excluding hydrogens is 256 g/mol. The van der Waals surface area contributed by atoms with Crippen molar-refractivity contribution in [2.24, 2.45) is 10.7 Å². The van der Waals surface area contributed by atoms with Gasteiger partial charge in [0.2, 0.25) is 0 Å². The molecule has 0 spiro atoms. The summed E-state index contributed by atoms with van der Waals surface area (Å²) in [5.41, 5.74) is 6.65. The number of aliphatic imine (C=N–C) groups is 1. The lowest BCUT2D eigenvalue weighted by atomic mass is 10.2. The second-order valence-corrected chi connectivity index (χ2v) is 4.07. The minimum atomic E-state index is -0.421. The molecule has 0 radical (unpaired) electrons. The van der Waals surface area contributed by atoms with Gasteiger partial charge in [-0.3, -0.25) is 5.32 Å². The van der Waals surface area contributed by atoms with Crippen molar-refractivity contribution in [1.29, 1.82) is 0 Å². The molecule has 0 aliphatic carbocycles. The number of guanidine groups is 1. The zero-order valence-corrected chi connectivity index (χ0v) is 10.9. The quantitative estimate of drug-likeness (QED) is 0.583. The minimum Gasteiger partial charge on any atom is -0.467 e. The molecule has 0 saturated carbocycles. The molecule has 104 valence electrons.